The van der Waals surface area contributed by atoms with E-state index in [4.69, 9.17) is 0 Å². The van der Waals surface area contributed by atoms with Crippen molar-refractivity contribution < 1.29 is 0 Å². The van der Waals surface area contributed by atoms with Gasteiger partial charge in [-0.05, 0) is 57.4 Å². The summed E-state index contributed by atoms with van der Waals surface area (Å²) in [7, 11) is 2.18. The van der Waals surface area contributed by atoms with Crippen LogP contribution in [0.15, 0.2) is 0 Å². The van der Waals surface area contributed by atoms with Crippen molar-refractivity contribution in [2.75, 3.05) is 20.1 Å². The third-order valence-corrected chi connectivity index (χ3v) is 5.20. The van der Waals surface area contributed by atoms with Gasteiger partial charge in [0.2, 0.25) is 0 Å². The molecule has 104 valence electrons. The Kier molecular flexibility index (Phi) is 4.25. The van der Waals surface area contributed by atoms with Gasteiger partial charge in [-0.15, -0.1) is 0 Å². The zero-order valence-corrected chi connectivity index (χ0v) is 12.0. The molecule has 2 unspecified atom stereocenters. The number of hydrogen-bond acceptors (Lipinski definition) is 2. The molecule has 3 aliphatic carbocycles. The third kappa shape index (κ3) is 3.48. The highest BCUT2D eigenvalue weighted by atomic mass is 15.2. The molecule has 2 heteroatoms. The summed E-state index contributed by atoms with van der Waals surface area (Å²) in [6, 6.07) is 1.59. The highest BCUT2D eigenvalue weighted by Crippen LogP contribution is 2.36. The molecule has 0 amide bonds. The average Bonchev–Trinajstić information content (AvgIpc) is 3.24. The van der Waals surface area contributed by atoms with E-state index in [1.165, 1.54) is 70.9 Å². The van der Waals surface area contributed by atoms with Gasteiger partial charge in [0.05, 0.1) is 0 Å². The van der Waals surface area contributed by atoms with E-state index in [1.807, 2.05) is 0 Å². The first-order valence-corrected chi connectivity index (χ1v) is 8.28. The van der Waals surface area contributed by atoms with Crippen molar-refractivity contribution in [3.8, 4) is 0 Å². The minimum Gasteiger partial charge on any atom is -0.315 e. The molecule has 0 bridgehead atoms. The number of nitrogens with zero attached hydrogens (tertiary/aromatic N) is 1. The van der Waals surface area contributed by atoms with Crippen LogP contribution in [0.1, 0.15) is 57.8 Å². The van der Waals surface area contributed by atoms with E-state index in [1.54, 1.807) is 0 Å². The van der Waals surface area contributed by atoms with Crippen molar-refractivity contribution >= 4 is 0 Å². The van der Waals surface area contributed by atoms with Gasteiger partial charge in [0.25, 0.3) is 0 Å². The zero-order chi connectivity index (χ0) is 12.4. The van der Waals surface area contributed by atoms with Gasteiger partial charge >= 0.3 is 0 Å². The summed E-state index contributed by atoms with van der Waals surface area (Å²) >= 11 is 0. The van der Waals surface area contributed by atoms with Crippen LogP contribution in [0.3, 0.4) is 0 Å². The lowest BCUT2D eigenvalue weighted by atomic mass is 10.0. The lowest BCUT2D eigenvalue weighted by Gasteiger charge is -2.36. The van der Waals surface area contributed by atoms with Gasteiger partial charge in [-0.2, -0.15) is 0 Å². The monoisotopic (exact) mass is 250 g/mol. The molecule has 3 saturated carbocycles. The molecule has 1 N–H and O–H groups in total. The number of nitrogens with one attached hydrogen (secondary N) is 1. The van der Waals surface area contributed by atoms with Gasteiger partial charge in [0, 0.05) is 25.2 Å². The fraction of sp³-hybridized carbons (Fsp3) is 1.00. The second-order valence-corrected chi connectivity index (χ2v) is 6.94. The molecule has 0 radical (unpaired) electrons. The van der Waals surface area contributed by atoms with Gasteiger partial charge in [0.1, 0.15) is 0 Å². The van der Waals surface area contributed by atoms with E-state index in [0.29, 0.717) is 0 Å². The molecule has 18 heavy (non-hydrogen) atoms. The summed E-state index contributed by atoms with van der Waals surface area (Å²) in [5.74, 6) is 2.09. The minimum atomic E-state index is 0.755. The van der Waals surface area contributed by atoms with Crippen molar-refractivity contribution in [3.05, 3.63) is 0 Å². The van der Waals surface area contributed by atoms with Crippen molar-refractivity contribution in [1.29, 1.82) is 0 Å². The van der Waals surface area contributed by atoms with E-state index in [2.05, 4.69) is 17.3 Å². The smallest absolute Gasteiger partial charge is 0.0249 e. The molecule has 0 aromatic heterocycles. The highest BCUT2D eigenvalue weighted by molar-refractivity contribution is 4.91. The molecule has 3 fully saturated rings. The molecule has 2 atom stereocenters. The number of likely N-dealkylation sites (N-methyl/N-ethyl adjacent to an activating group) is 1. The SMILES string of the molecule is CNC1CCCCCC1N(CC1CC1)CC1CC1. The van der Waals surface area contributed by atoms with Crippen LogP contribution in [0, 0.1) is 11.8 Å². The lowest BCUT2D eigenvalue weighted by molar-refractivity contribution is 0.138. The van der Waals surface area contributed by atoms with Crippen LogP contribution in [0.5, 0.6) is 0 Å². The van der Waals surface area contributed by atoms with Gasteiger partial charge in [-0.1, -0.05) is 19.3 Å². The Balaban J connectivity index is 1.63. The first-order valence-electron chi connectivity index (χ1n) is 8.28. The summed E-state index contributed by atoms with van der Waals surface area (Å²) in [4.78, 5) is 2.89. The fourth-order valence-corrected chi connectivity index (χ4v) is 3.67. The van der Waals surface area contributed by atoms with Crippen LogP contribution in [0.25, 0.3) is 0 Å². The maximum atomic E-state index is 3.62. The largest absolute Gasteiger partial charge is 0.315 e. The van der Waals surface area contributed by atoms with Crippen LogP contribution in [0.2, 0.25) is 0 Å². The van der Waals surface area contributed by atoms with E-state index in [-0.39, 0.29) is 0 Å². The van der Waals surface area contributed by atoms with Crippen LogP contribution >= 0.6 is 0 Å². The van der Waals surface area contributed by atoms with Gasteiger partial charge in [-0.3, -0.25) is 4.90 Å². The van der Waals surface area contributed by atoms with Crippen molar-refractivity contribution in [3.63, 3.8) is 0 Å². The maximum Gasteiger partial charge on any atom is 0.0249 e. The highest BCUT2D eigenvalue weighted by Gasteiger charge is 2.35. The Hall–Kier alpha value is -0.0800. The van der Waals surface area contributed by atoms with Crippen LogP contribution in [-0.2, 0) is 0 Å². The van der Waals surface area contributed by atoms with Crippen molar-refractivity contribution in [2.45, 2.75) is 69.9 Å². The Bertz CT molecular complexity index is 244. The van der Waals surface area contributed by atoms with Gasteiger partial charge in [0.15, 0.2) is 0 Å². The second kappa shape index (κ2) is 5.92. The van der Waals surface area contributed by atoms with Crippen molar-refractivity contribution in [1.82, 2.24) is 10.2 Å². The quantitative estimate of drug-likeness (QED) is 0.729. The Morgan fingerprint density at radius 2 is 1.44 bits per heavy atom. The summed E-state index contributed by atoms with van der Waals surface area (Å²) < 4.78 is 0. The van der Waals surface area contributed by atoms with Gasteiger partial charge in [-0.25, -0.2) is 0 Å². The normalized spacial score (nSPS) is 33.7. The standard InChI is InChI=1S/C16H30N2/c1-17-15-5-3-2-4-6-16(15)18(11-13-7-8-13)12-14-9-10-14/h13-17H,2-12H2,1H3. The summed E-state index contributed by atoms with van der Waals surface area (Å²) in [5, 5.41) is 3.62. The number of hydrogen-bond donors (Lipinski definition) is 1. The Morgan fingerprint density at radius 3 is 2.00 bits per heavy atom. The fourth-order valence-electron chi connectivity index (χ4n) is 3.67. The average molecular weight is 250 g/mol. The molecule has 0 aromatic carbocycles. The second-order valence-electron chi connectivity index (χ2n) is 6.94. The topological polar surface area (TPSA) is 15.3 Å². The lowest BCUT2D eigenvalue weighted by Crippen LogP contribution is -2.50. The third-order valence-electron chi connectivity index (χ3n) is 5.20. The van der Waals surface area contributed by atoms with E-state index in [0.717, 1.165) is 23.9 Å². The first kappa shape index (κ1) is 12.9. The van der Waals surface area contributed by atoms with Crippen LogP contribution < -0.4 is 5.32 Å². The number of rotatable bonds is 6. The summed E-state index contributed by atoms with van der Waals surface area (Å²) in [6.45, 7) is 2.80. The first-order chi connectivity index (χ1) is 8.86. The molecule has 3 rings (SSSR count). The Labute approximate surface area is 113 Å². The van der Waals surface area contributed by atoms with Gasteiger partial charge < -0.3 is 5.32 Å². The maximum absolute atomic E-state index is 3.62. The van der Waals surface area contributed by atoms with Crippen molar-refractivity contribution in [2.24, 2.45) is 11.8 Å². The molecule has 0 saturated heterocycles. The van der Waals surface area contributed by atoms with Crippen LogP contribution in [-0.4, -0.2) is 37.1 Å². The zero-order valence-electron chi connectivity index (χ0n) is 12.0. The molecular formula is C16H30N2. The van der Waals surface area contributed by atoms with Crippen LogP contribution in [0.4, 0.5) is 0 Å². The Morgan fingerprint density at radius 1 is 0.833 bits per heavy atom. The molecule has 0 aliphatic heterocycles. The van der Waals surface area contributed by atoms with E-state index in [9.17, 15) is 0 Å². The van der Waals surface area contributed by atoms with E-state index >= 15 is 0 Å². The molecule has 2 nitrogen and oxygen atoms in total. The molecule has 0 spiro atoms. The van der Waals surface area contributed by atoms with E-state index < -0.39 is 0 Å². The summed E-state index contributed by atoms with van der Waals surface area (Å²) in [5.41, 5.74) is 0. The predicted molar refractivity (Wildman–Crippen MR) is 76.7 cm³/mol. The summed E-state index contributed by atoms with van der Waals surface area (Å²) in [6.07, 6.45) is 13.2. The molecule has 0 aromatic rings. The minimum absolute atomic E-state index is 0.755. The molecule has 3 aliphatic rings. The predicted octanol–water partition coefficient (Wildman–Crippen LogP) is 3.03. The molecular weight excluding hydrogens is 220 g/mol. The molecule has 0 heterocycles.